The number of nitrogens with one attached hydrogen (secondary N) is 1. The number of halogens is 1. The lowest BCUT2D eigenvalue weighted by molar-refractivity contribution is -0.380. The molecule has 0 radical (unpaired) electrons. The fourth-order valence-electron chi connectivity index (χ4n) is 5.84. The average Bonchev–Trinajstić information content (AvgIpc) is 3.65. The molecule has 3 aromatic rings. The van der Waals surface area contributed by atoms with Gasteiger partial charge in [-0.15, -0.1) is 0 Å². The van der Waals surface area contributed by atoms with E-state index in [2.05, 4.69) is 5.32 Å². The number of urea groups is 1. The van der Waals surface area contributed by atoms with Crippen molar-refractivity contribution >= 4 is 55.6 Å². The molecule has 1 fully saturated rings. The van der Waals surface area contributed by atoms with Crippen LogP contribution in [0.3, 0.4) is 0 Å². The quantitative estimate of drug-likeness (QED) is 0.109. The number of hydrogen-bond acceptors (Lipinski definition) is 9. The van der Waals surface area contributed by atoms with Crippen molar-refractivity contribution in [2.45, 2.75) is 63.7 Å². The first-order valence-electron chi connectivity index (χ1n) is 15.9. The summed E-state index contributed by atoms with van der Waals surface area (Å²) in [7, 11) is -4.12. The molecule has 266 valence electrons. The Kier molecular flexibility index (Phi) is 12.7. The van der Waals surface area contributed by atoms with Crippen LogP contribution in [0.4, 0.5) is 15.5 Å². The van der Waals surface area contributed by atoms with Gasteiger partial charge in [-0.3, -0.25) is 14.9 Å². The number of anilines is 1. The minimum atomic E-state index is -4.12. The van der Waals surface area contributed by atoms with Crippen molar-refractivity contribution in [1.82, 2.24) is 19.4 Å². The van der Waals surface area contributed by atoms with E-state index >= 15 is 0 Å². The molecule has 4 N–H and O–H groups in total. The van der Waals surface area contributed by atoms with Crippen molar-refractivity contribution in [2.24, 2.45) is 11.8 Å². The van der Waals surface area contributed by atoms with Crippen LogP contribution >= 0.6 is 22.9 Å². The van der Waals surface area contributed by atoms with Gasteiger partial charge in [0.15, 0.2) is 0 Å². The summed E-state index contributed by atoms with van der Waals surface area (Å²) in [5.74, 6) is -0.891. The second-order valence-electron chi connectivity index (χ2n) is 12.9. The molecule has 1 saturated heterocycles. The van der Waals surface area contributed by atoms with Crippen LogP contribution in [-0.4, -0.2) is 88.9 Å². The second-order valence-corrected chi connectivity index (χ2v) is 16.1. The Bertz CT molecular complexity index is 1740. The number of amides is 3. The zero-order chi connectivity index (χ0) is 36.0. The predicted octanol–water partition coefficient (Wildman–Crippen LogP) is 4.59. The molecule has 1 aliphatic rings. The van der Waals surface area contributed by atoms with Gasteiger partial charge in [0.25, 0.3) is 0 Å². The first-order valence-corrected chi connectivity index (χ1v) is 18.6. The van der Waals surface area contributed by atoms with Crippen LogP contribution < -0.4 is 11.1 Å². The molecule has 1 unspecified atom stereocenters. The Morgan fingerprint density at radius 1 is 1.10 bits per heavy atom. The molecule has 2 aromatic carbocycles. The summed E-state index contributed by atoms with van der Waals surface area (Å²) in [6.45, 7) is 7.88. The molecule has 4 rings (SSSR count). The number of hydrogen-bond donors (Lipinski definition) is 3. The van der Waals surface area contributed by atoms with E-state index in [1.165, 1.54) is 33.5 Å². The highest BCUT2D eigenvalue weighted by Gasteiger charge is 2.40. The van der Waals surface area contributed by atoms with Crippen molar-refractivity contribution in [2.75, 3.05) is 31.9 Å². The fourth-order valence-corrected chi connectivity index (χ4v) is 8.33. The minimum Gasteiger partial charge on any atom is -0.397 e. The molecule has 1 aromatic heterocycles. The highest BCUT2D eigenvalue weighted by atomic mass is 35.5. The van der Waals surface area contributed by atoms with Gasteiger partial charge in [-0.1, -0.05) is 81.0 Å². The van der Waals surface area contributed by atoms with E-state index in [1.54, 1.807) is 10.3 Å². The molecule has 1 aliphatic heterocycles. The number of thiophene rings is 1. The molecular formula is C33H43ClN6O7S2. The standard InChI is InChI=1S/C33H43ClN6O7S2/c1-21(2)17-38(49(46,47)25-10-11-26(34)27(35)16-25)19-29(41)28(14-23-8-6-5-7-9-23)36-32(42)31(22(3)4)39-13-12-37(33(39)43)18-24-15-30(40(44)45)48-20-24/h5-11,15-16,20-22,28-29,31,41H,12-14,17-19,35H2,1-4H3,(H,36,42)/t28-,29+,31?/m0/s1. The molecular weight excluding hydrogens is 692 g/mol. The number of benzene rings is 2. The zero-order valence-electron chi connectivity index (χ0n) is 27.9. The molecule has 0 bridgehead atoms. The number of aliphatic hydroxyl groups excluding tert-OH is 1. The average molecular weight is 735 g/mol. The Balaban J connectivity index is 1.57. The smallest absolute Gasteiger partial charge is 0.324 e. The van der Waals surface area contributed by atoms with Crippen molar-refractivity contribution in [3.05, 3.63) is 86.2 Å². The molecule has 0 saturated carbocycles. The lowest BCUT2D eigenvalue weighted by Crippen LogP contribution is -2.57. The zero-order valence-corrected chi connectivity index (χ0v) is 30.2. The maximum Gasteiger partial charge on any atom is 0.324 e. The van der Waals surface area contributed by atoms with E-state index in [-0.39, 0.29) is 71.1 Å². The van der Waals surface area contributed by atoms with Gasteiger partial charge in [-0.25, -0.2) is 13.2 Å². The maximum atomic E-state index is 14.1. The van der Waals surface area contributed by atoms with Crippen LogP contribution in [0.15, 0.2) is 64.9 Å². The number of rotatable bonds is 16. The van der Waals surface area contributed by atoms with Gasteiger partial charge < -0.3 is 26.0 Å². The third kappa shape index (κ3) is 9.48. The number of nitrogens with zero attached hydrogens (tertiary/aromatic N) is 4. The molecule has 3 amide bonds. The molecule has 0 spiro atoms. The normalized spacial score (nSPS) is 15.7. The summed E-state index contributed by atoms with van der Waals surface area (Å²) in [5.41, 5.74) is 7.46. The lowest BCUT2D eigenvalue weighted by Gasteiger charge is -2.34. The van der Waals surface area contributed by atoms with Crippen molar-refractivity contribution in [1.29, 1.82) is 0 Å². The Labute approximate surface area is 295 Å². The second kappa shape index (κ2) is 16.3. The summed E-state index contributed by atoms with van der Waals surface area (Å²) in [6.07, 6.45) is -1.14. The maximum absolute atomic E-state index is 14.1. The number of nitrogen functional groups attached to an aromatic ring is 1. The van der Waals surface area contributed by atoms with E-state index in [1.807, 2.05) is 58.0 Å². The molecule has 16 heteroatoms. The molecule has 49 heavy (non-hydrogen) atoms. The number of aliphatic hydroxyl groups is 1. The van der Waals surface area contributed by atoms with Gasteiger partial charge in [0, 0.05) is 44.2 Å². The van der Waals surface area contributed by atoms with E-state index in [0.717, 1.165) is 16.9 Å². The first kappa shape index (κ1) is 38.0. The summed E-state index contributed by atoms with van der Waals surface area (Å²) in [4.78, 5) is 41.2. The Morgan fingerprint density at radius 2 is 1.80 bits per heavy atom. The highest BCUT2D eigenvalue weighted by molar-refractivity contribution is 7.89. The third-order valence-corrected chi connectivity index (χ3v) is 11.3. The third-order valence-electron chi connectivity index (χ3n) is 8.21. The van der Waals surface area contributed by atoms with Gasteiger partial charge in [0.1, 0.15) is 6.04 Å². The Morgan fingerprint density at radius 3 is 2.39 bits per heavy atom. The summed E-state index contributed by atoms with van der Waals surface area (Å²) < 4.78 is 28.8. The van der Waals surface area contributed by atoms with Crippen molar-refractivity contribution in [3.8, 4) is 0 Å². The van der Waals surface area contributed by atoms with E-state index in [4.69, 9.17) is 17.3 Å². The monoisotopic (exact) mass is 734 g/mol. The number of carbonyl (C=O) groups excluding carboxylic acids is 2. The summed E-state index contributed by atoms with van der Waals surface area (Å²) >= 11 is 7.03. The van der Waals surface area contributed by atoms with Gasteiger partial charge in [0.2, 0.25) is 15.9 Å². The highest BCUT2D eigenvalue weighted by Crippen LogP contribution is 2.28. The number of nitro groups is 1. The first-order chi connectivity index (χ1) is 23.1. The van der Waals surface area contributed by atoms with Crippen LogP contribution in [0.2, 0.25) is 5.02 Å². The lowest BCUT2D eigenvalue weighted by atomic mass is 9.97. The predicted molar refractivity (Wildman–Crippen MR) is 190 cm³/mol. The van der Waals surface area contributed by atoms with Crippen LogP contribution in [-0.2, 0) is 27.8 Å². The SMILES string of the molecule is CC(C)CN(C[C@@H](O)[C@H](Cc1ccccc1)NC(=O)C(C(C)C)N1CCN(Cc2csc([N+](=O)[O-])c2)C1=O)S(=O)(=O)c1ccc(Cl)c(N)c1. The largest absolute Gasteiger partial charge is 0.397 e. The molecule has 3 atom stereocenters. The fraction of sp³-hybridized carbons (Fsp3) is 0.455. The minimum absolute atomic E-state index is 0.0157. The molecule has 2 heterocycles. The number of nitrogens with two attached hydrogens (primary N) is 1. The van der Waals surface area contributed by atoms with Gasteiger partial charge in [-0.05, 0) is 47.6 Å². The van der Waals surface area contributed by atoms with Crippen LogP contribution in [0.25, 0.3) is 0 Å². The van der Waals surface area contributed by atoms with Gasteiger partial charge in [0.05, 0.1) is 32.7 Å². The summed E-state index contributed by atoms with van der Waals surface area (Å²) in [6, 6.07) is 12.5. The van der Waals surface area contributed by atoms with Crippen molar-refractivity contribution in [3.63, 3.8) is 0 Å². The topological polar surface area (TPSA) is 179 Å². The van der Waals surface area contributed by atoms with Gasteiger partial charge >= 0.3 is 11.0 Å². The van der Waals surface area contributed by atoms with Gasteiger partial charge in [-0.2, -0.15) is 4.31 Å². The molecule has 13 nitrogen and oxygen atoms in total. The Hall–Kier alpha value is -3.76. The van der Waals surface area contributed by atoms with Crippen LogP contribution in [0.5, 0.6) is 0 Å². The number of carbonyl (C=O) groups is 2. The van der Waals surface area contributed by atoms with Crippen LogP contribution in [0.1, 0.15) is 38.8 Å². The van der Waals surface area contributed by atoms with Crippen molar-refractivity contribution < 1.29 is 28.0 Å². The number of sulfonamides is 1. The molecule has 0 aliphatic carbocycles. The van der Waals surface area contributed by atoms with E-state index in [0.29, 0.717) is 12.1 Å². The van der Waals surface area contributed by atoms with E-state index < -0.39 is 39.0 Å². The van der Waals surface area contributed by atoms with Crippen LogP contribution in [0, 0.1) is 22.0 Å². The summed E-state index contributed by atoms with van der Waals surface area (Å²) in [5, 5.41) is 27.6. The van der Waals surface area contributed by atoms with E-state index in [9.17, 15) is 33.2 Å².